The Hall–Kier alpha value is -2.91. The summed E-state index contributed by atoms with van der Waals surface area (Å²) in [5, 5.41) is 5.28. The Morgan fingerprint density at radius 1 is 1.24 bits per heavy atom. The minimum absolute atomic E-state index is 0.0502. The number of anilines is 2. The summed E-state index contributed by atoms with van der Waals surface area (Å²) in [5.74, 6) is 1.48. The van der Waals surface area contributed by atoms with Crippen molar-refractivity contribution in [2.45, 2.75) is 88.7 Å². The summed E-state index contributed by atoms with van der Waals surface area (Å²) in [7, 11) is 0. The molecule has 0 saturated heterocycles. The number of pyridine rings is 3. The summed E-state index contributed by atoms with van der Waals surface area (Å²) in [6, 6.07) is 5.55. The van der Waals surface area contributed by atoms with Crippen LogP contribution in [-0.4, -0.2) is 38.4 Å². The molecular weight excluding hydrogens is 486 g/mol. The molecule has 3 N–H and O–H groups in total. The van der Waals surface area contributed by atoms with Gasteiger partial charge in [-0.2, -0.15) is 12.6 Å². The molecule has 1 saturated carbocycles. The molecular formula is C28H35N5O3S. The van der Waals surface area contributed by atoms with Crippen molar-refractivity contribution in [3.8, 4) is 5.88 Å². The van der Waals surface area contributed by atoms with E-state index in [2.05, 4.69) is 34.8 Å². The van der Waals surface area contributed by atoms with E-state index in [1.54, 1.807) is 18.3 Å². The molecule has 0 radical (unpaired) electrons. The molecule has 9 heteroatoms. The molecule has 1 unspecified atom stereocenters. The van der Waals surface area contributed by atoms with E-state index in [9.17, 15) is 4.79 Å². The number of nitrogens with one attached hydrogen (secondary N) is 1. The molecule has 4 heterocycles. The predicted octanol–water partition coefficient (Wildman–Crippen LogP) is 5.42. The topological polar surface area (TPSA) is 112 Å². The van der Waals surface area contributed by atoms with Gasteiger partial charge in [0.1, 0.15) is 17.7 Å². The number of carbonyl (C=O) groups is 1. The molecule has 196 valence electrons. The Morgan fingerprint density at radius 3 is 2.68 bits per heavy atom. The fourth-order valence-electron chi connectivity index (χ4n) is 5.15. The van der Waals surface area contributed by atoms with Crippen LogP contribution in [-0.2, 0) is 15.7 Å². The third-order valence-electron chi connectivity index (χ3n) is 7.76. The average molecular weight is 522 g/mol. The maximum atomic E-state index is 12.4. The highest BCUT2D eigenvalue weighted by Crippen LogP contribution is 2.54. The first-order chi connectivity index (χ1) is 17.5. The molecule has 1 aliphatic heterocycles. The van der Waals surface area contributed by atoms with Crippen LogP contribution in [0.3, 0.4) is 0 Å². The van der Waals surface area contributed by atoms with Gasteiger partial charge in [-0.25, -0.2) is 19.7 Å². The summed E-state index contributed by atoms with van der Waals surface area (Å²) in [6.45, 7) is 10.1. The first-order valence-corrected chi connectivity index (χ1v) is 13.5. The number of hydrogen-bond donors (Lipinski definition) is 3. The Labute approximate surface area is 223 Å². The number of aromatic nitrogens is 3. The maximum Gasteiger partial charge on any atom is 0.340 e. The van der Waals surface area contributed by atoms with Gasteiger partial charge in [0.25, 0.3) is 0 Å². The number of cyclic esters (lactones) is 1. The highest BCUT2D eigenvalue weighted by molar-refractivity contribution is 7.80. The third kappa shape index (κ3) is 4.75. The van der Waals surface area contributed by atoms with Crippen LogP contribution < -0.4 is 15.8 Å². The number of nitrogens with two attached hydrogens (primary N) is 1. The van der Waals surface area contributed by atoms with Crippen molar-refractivity contribution in [2.24, 2.45) is 5.73 Å². The summed E-state index contributed by atoms with van der Waals surface area (Å²) in [6.07, 6.45) is 6.82. The number of nitrogens with zero attached hydrogens (tertiary/aromatic N) is 3. The van der Waals surface area contributed by atoms with Crippen LogP contribution in [0.4, 0.5) is 11.6 Å². The van der Waals surface area contributed by atoms with Crippen LogP contribution in [0.25, 0.3) is 10.8 Å². The highest BCUT2D eigenvalue weighted by Gasteiger charge is 2.56. The van der Waals surface area contributed by atoms with Gasteiger partial charge in [0.2, 0.25) is 5.88 Å². The van der Waals surface area contributed by atoms with E-state index in [1.165, 1.54) is 0 Å². The van der Waals surface area contributed by atoms with Crippen molar-refractivity contribution in [1.29, 1.82) is 0 Å². The Balaban J connectivity index is 1.52. The summed E-state index contributed by atoms with van der Waals surface area (Å²) in [4.78, 5) is 26.6. The minimum atomic E-state index is -0.577. The number of fused-ring (bicyclic) bond motifs is 3. The molecule has 0 aromatic carbocycles. The van der Waals surface area contributed by atoms with Crippen molar-refractivity contribution >= 4 is 41.0 Å². The molecule has 3 aromatic heterocycles. The van der Waals surface area contributed by atoms with Crippen molar-refractivity contribution in [2.75, 3.05) is 5.32 Å². The van der Waals surface area contributed by atoms with E-state index < -0.39 is 5.54 Å². The zero-order chi connectivity index (χ0) is 26.5. The minimum Gasteiger partial charge on any atom is -0.474 e. The van der Waals surface area contributed by atoms with Crippen molar-refractivity contribution in [3.63, 3.8) is 0 Å². The Bertz CT molecular complexity index is 1360. The van der Waals surface area contributed by atoms with Gasteiger partial charge in [0, 0.05) is 23.2 Å². The van der Waals surface area contributed by atoms with E-state index >= 15 is 0 Å². The molecule has 4 atom stereocenters. The standard InChI is InChI=1S/C28H35N5O3S/c1-6-27(5,29)21-14-31-25(35-15(2)11-16(3)37)20-13-30-23(12-19(20)21)32-22-8-7-18-24(33-22)28(9-10-28)17(4)36-26(18)34/h7-8,12-17,37H,6,9-11,29H2,1-5H3,(H,30,32,33)/t15-,16?,17+,27-/m1/s1. The van der Waals surface area contributed by atoms with Crippen LogP contribution in [0.15, 0.2) is 30.6 Å². The van der Waals surface area contributed by atoms with Crippen LogP contribution in [0.5, 0.6) is 5.88 Å². The first kappa shape index (κ1) is 25.7. The summed E-state index contributed by atoms with van der Waals surface area (Å²) < 4.78 is 11.8. The lowest BCUT2D eigenvalue weighted by molar-refractivity contribution is 0.0183. The van der Waals surface area contributed by atoms with Crippen LogP contribution >= 0.6 is 12.6 Å². The van der Waals surface area contributed by atoms with Gasteiger partial charge in [-0.3, -0.25) is 0 Å². The van der Waals surface area contributed by atoms with Crippen molar-refractivity contribution in [1.82, 2.24) is 15.0 Å². The van der Waals surface area contributed by atoms with E-state index in [-0.39, 0.29) is 28.8 Å². The number of thiol groups is 1. The number of esters is 1. The fourth-order valence-corrected chi connectivity index (χ4v) is 5.45. The molecule has 5 rings (SSSR count). The van der Waals surface area contributed by atoms with E-state index in [0.717, 1.165) is 47.7 Å². The molecule has 1 aliphatic carbocycles. The van der Waals surface area contributed by atoms with Gasteiger partial charge in [-0.1, -0.05) is 13.8 Å². The molecule has 8 nitrogen and oxygen atoms in total. The zero-order valence-corrected chi connectivity index (χ0v) is 22.9. The van der Waals surface area contributed by atoms with E-state index in [0.29, 0.717) is 23.1 Å². The smallest absolute Gasteiger partial charge is 0.340 e. The van der Waals surface area contributed by atoms with E-state index in [4.69, 9.17) is 20.2 Å². The lowest BCUT2D eigenvalue weighted by atomic mass is 9.88. The lowest BCUT2D eigenvalue weighted by Gasteiger charge is -2.30. The molecule has 2 aliphatic rings. The second-order valence-corrected chi connectivity index (χ2v) is 11.7. The molecule has 1 fully saturated rings. The van der Waals surface area contributed by atoms with Gasteiger partial charge < -0.3 is 20.5 Å². The van der Waals surface area contributed by atoms with Gasteiger partial charge in [0.05, 0.1) is 28.2 Å². The second kappa shape index (κ2) is 9.44. The number of ether oxygens (including phenoxy) is 2. The monoisotopic (exact) mass is 521 g/mol. The summed E-state index contributed by atoms with van der Waals surface area (Å²) >= 11 is 4.49. The van der Waals surface area contributed by atoms with Crippen LogP contribution in [0.2, 0.25) is 0 Å². The number of carbonyl (C=O) groups excluding carboxylic acids is 1. The molecule has 37 heavy (non-hydrogen) atoms. The molecule has 3 aromatic rings. The van der Waals surface area contributed by atoms with Gasteiger partial charge in [0.15, 0.2) is 0 Å². The summed E-state index contributed by atoms with van der Waals surface area (Å²) in [5.41, 5.74) is 8.21. The molecule has 0 amide bonds. The number of rotatable bonds is 8. The number of hydrogen-bond acceptors (Lipinski definition) is 9. The zero-order valence-electron chi connectivity index (χ0n) is 22.0. The van der Waals surface area contributed by atoms with Crippen LogP contribution in [0, 0.1) is 0 Å². The largest absolute Gasteiger partial charge is 0.474 e. The van der Waals surface area contributed by atoms with Gasteiger partial charge in [-0.15, -0.1) is 0 Å². The first-order valence-electron chi connectivity index (χ1n) is 13.0. The third-order valence-corrected chi connectivity index (χ3v) is 7.98. The van der Waals surface area contributed by atoms with Gasteiger partial charge >= 0.3 is 5.97 Å². The SMILES string of the molecule is CC[C@@](C)(N)c1cnc(O[C@H](C)CC(C)S)c2cnc(Nc3ccc4c(n3)C3(CC3)[C@H](C)OC4=O)cc12. The molecule has 1 spiro atoms. The lowest BCUT2D eigenvalue weighted by Crippen LogP contribution is -2.36. The van der Waals surface area contributed by atoms with Crippen molar-refractivity contribution < 1.29 is 14.3 Å². The van der Waals surface area contributed by atoms with Gasteiger partial charge in [-0.05, 0) is 75.6 Å². The maximum absolute atomic E-state index is 12.4. The van der Waals surface area contributed by atoms with Crippen LogP contribution in [0.1, 0.15) is 81.9 Å². The van der Waals surface area contributed by atoms with E-state index in [1.807, 2.05) is 40.0 Å². The molecule has 0 bridgehead atoms. The normalized spacial score (nSPS) is 21.1. The fraction of sp³-hybridized carbons (Fsp3) is 0.500. The van der Waals surface area contributed by atoms with Crippen molar-refractivity contribution in [3.05, 3.63) is 47.4 Å². The predicted molar refractivity (Wildman–Crippen MR) is 148 cm³/mol. The quantitative estimate of drug-likeness (QED) is 0.266. The average Bonchev–Trinajstić information content (AvgIpc) is 3.64. The Kier molecular flexibility index (Phi) is 6.56. The highest BCUT2D eigenvalue weighted by atomic mass is 32.1. The second-order valence-electron chi connectivity index (χ2n) is 10.8. The Morgan fingerprint density at radius 2 is 2.00 bits per heavy atom.